The first kappa shape index (κ1) is 14.1. The topological polar surface area (TPSA) is 27.1 Å². The van der Waals surface area contributed by atoms with Crippen molar-refractivity contribution in [1.82, 2.24) is 9.55 Å². The zero-order valence-electron chi connectivity index (χ0n) is 10.3. The van der Waals surface area contributed by atoms with Gasteiger partial charge < -0.3 is 9.30 Å². The van der Waals surface area contributed by atoms with E-state index in [2.05, 4.69) is 11.6 Å². The first-order valence-electron chi connectivity index (χ1n) is 5.84. The highest BCUT2D eigenvalue weighted by atomic mass is 35.5. The Bertz CT molecular complexity index is 540. The zero-order chi connectivity index (χ0) is 13.7. The Labute approximate surface area is 122 Å². The van der Waals surface area contributed by atoms with E-state index in [0.717, 1.165) is 5.56 Å². The molecular weight excluding hydrogens is 283 g/mol. The average molecular weight is 297 g/mol. The largest absolute Gasteiger partial charge is 0.368 e. The molecule has 1 aromatic heterocycles. The number of ether oxygens (including phenoxy) is 1. The lowest BCUT2D eigenvalue weighted by atomic mass is 10.1. The van der Waals surface area contributed by atoms with Gasteiger partial charge in [0.15, 0.2) is 0 Å². The molecule has 0 aliphatic rings. The average Bonchev–Trinajstić information content (AvgIpc) is 2.91. The number of imidazole rings is 1. The van der Waals surface area contributed by atoms with Crippen LogP contribution in [0.2, 0.25) is 10.0 Å². The third kappa shape index (κ3) is 3.83. The molecule has 19 heavy (non-hydrogen) atoms. The molecule has 5 heteroatoms. The van der Waals surface area contributed by atoms with E-state index in [1.807, 2.05) is 22.9 Å². The van der Waals surface area contributed by atoms with Gasteiger partial charge in [0.25, 0.3) is 0 Å². The van der Waals surface area contributed by atoms with Gasteiger partial charge in [0, 0.05) is 12.4 Å². The van der Waals surface area contributed by atoms with Crippen molar-refractivity contribution in [2.45, 2.75) is 12.6 Å². The maximum atomic E-state index is 6.05. The van der Waals surface area contributed by atoms with Crippen LogP contribution < -0.4 is 0 Å². The Kier molecular flexibility index (Phi) is 5.02. The molecule has 1 heterocycles. The molecule has 0 amide bonds. The van der Waals surface area contributed by atoms with Crippen molar-refractivity contribution < 1.29 is 4.74 Å². The van der Waals surface area contributed by atoms with E-state index < -0.39 is 0 Å². The second-order valence-corrected chi connectivity index (χ2v) is 4.86. The molecule has 2 rings (SSSR count). The number of aromatic nitrogens is 2. The Hall–Kier alpha value is -1.29. The summed E-state index contributed by atoms with van der Waals surface area (Å²) < 4.78 is 7.73. The van der Waals surface area contributed by atoms with Crippen LogP contribution in [0.3, 0.4) is 0 Å². The van der Waals surface area contributed by atoms with Gasteiger partial charge in [0.2, 0.25) is 0 Å². The molecule has 0 saturated heterocycles. The van der Waals surface area contributed by atoms with Crippen LogP contribution in [0.1, 0.15) is 11.7 Å². The van der Waals surface area contributed by atoms with Gasteiger partial charge in [0.1, 0.15) is 6.10 Å². The second-order valence-electron chi connectivity index (χ2n) is 4.04. The minimum atomic E-state index is -0.123. The number of halogens is 2. The first-order valence-corrected chi connectivity index (χ1v) is 6.59. The molecule has 0 N–H and O–H groups in total. The summed E-state index contributed by atoms with van der Waals surface area (Å²) in [5, 5.41) is 1.06. The van der Waals surface area contributed by atoms with E-state index in [4.69, 9.17) is 27.9 Å². The van der Waals surface area contributed by atoms with Crippen LogP contribution in [0.5, 0.6) is 0 Å². The van der Waals surface area contributed by atoms with Crippen molar-refractivity contribution in [3.63, 3.8) is 0 Å². The van der Waals surface area contributed by atoms with E-state index in [1.54, 1.807) is 24.7 Å². The maximum absolute atomic E-state index is 6.05. The second kappa shape index (κ2) is 6.75. The minimum absolute atomic E-state index is 0.123. The summed E-state index contributed by atoms with van der Waals surface area (Å²) in [5.41, 5.74) is 0.977. The summed E-state index contributed by atoms with van der Waals surface area (Å²) in [6.45, 7) is 4.79. The van der Waals surface area contributed by atoms with Crippen molar-refractivity contribution in [2.75, 3.05) is 6.61 Å². The summed E-state index contributed by atoms with van der Waals surface area (Å²) in [6.07, 6.45) is 6.98. The van der Waals surface area contributed by atoms with Crippen LogP contribution in [0.25, 0.3) is 0 Å². The number of benzene rings is 1. The summed E-state index contributed by atoms with van der Waals surface area (Å²) in [5.74, 6) is 0. The Morgan fingerprint density at radius 2 is 2.21 bits per heavy atom. The highest BCUT2D eigenvalue weighted by Gasteiger charge is 2.13. The van der Waals surface area contributed by atoms with Crippen LogP contribution in [0.4, 0.5) is 0 Å². The summed E-state index contributed by atoms with van der Waals surface area (Å²) in [4.78, 5) is 4.02. The molecule has 0 fully saturated rings. The third-order valence-electron chi connectivity index (χ3n) is 2.67. The molecule has 1 atom stereocenters. The number of rotatable bonds is 6. The minimum Gasteiger partial charge on any atom is -0.368 e. The van der Waals surface area contributed by atoms with Crippen LogP contribution in [-0.4, -0.2) is 16.2 Å². The molecule has 100 valence electrons. The summed E-state index contributed by atoms with van der Waals surface area (Å²) in [7, 11) is 0. The van der Waals surface area contributed by atoms with Crippen LogP contribution in [0, 0.1) is 0 Å². The zero-order valence-corrected chi connectivity index (χ0v) is 11.8. The SMILES string of the molecule is C=CCOC(Cn1ccnc1)c1ccc(Cl)c(Cl)c1. The van der Waals surface area contributed by atoms with Crippen molar-refractivity contribution >= 4 is 23.2 Å². The lowest BCUT2D eigenvalue weighted by Gasteiger charge is -2.18. The van der Waals surface area contributed by atoms with E-state index in [-0.39, 0.29) is 6.10 Å². The lowest BCUT2D eigenvalue weighted by molar-refractivity contribution is 0.0607. The van der Waals surface area contributed by atoms with Crippen LogP contribution in [-0.2, 0) is 11.3 Å². The van der Waals surface area contributed by atoms with Gasteiger partial charge in [-0.3, -0.25) is 0 Å². The Morgan fingerprint density at radius 3 is 2.84 bits per heavy atom. The number of nitrogens with zero attached hydrogens (tertiary/aromatic N) is 2. The monoisotopic (exact) mass is 296 g/mol. The summed E-state index contributed by atoms with van der Waals surface area (Å²) in [6, 6.07) is 5.52. The molecule has 0 aliphatic heterocycles. The third-order valence-corrected chi connectivity index (χ3v) is 3.41. The molecule has 0 spiro atoms. The molecule has 0 saturated carbocycles. The highest BCUT2D eigenvalue weighted by molar-refractivity contribution is 6.42. The van der Waals surface area contributed by atoms with Gasteiger partial charge in [0.05, 0.1) is 29.5 Å². The first-order chi connectivity index (χ1) is 9.20. The van der Waals surface area contributed by atoms with Crippen LogP contribution >= 0.6 is 23.2 Å². The molecule has 1 unspecified atom stereocenters. The fraction of sp³-hybridized carbons (Fsp3) is 0.214. The van der Waals surface area contributed by atoms with E-state index >= 15 is 0 Å². The molecule has 0 aliphatic carbocycles. The fourth-order valence-electron chi connectivity index (χ4n) is 1.74. The van der Waals surface area contributed by atoms with Gasteiger partial charge in [-0.1, -0.05) is 35.3 Å². The predicted molar refractivity (Wildman–Crippen MR) is 77.6 cm³/mol. The molecule has 2 aromatic rings. The van der Waals surface area contributed by atoms with Crippen molar-refractivity contribution in [1.29, 1.82) is 0 Å². The van der Waals surface area contributed by atoms with Crippen molar-refractivity contribution in [3.05, 3.63) is 65.2 Å². The predicted octanol–water partition coefficient (Wildman–Crippen LogP) is 4.13. The van der Waals surface area contributed by atoms with Crippen LogP contribution in [0.15, 0.2) is 49.6 Å². The highest BCUT2D eigenvalue weighted by Crippen LogP contribution is 2.28. The quantitative estimate of drug-likeness (QED) is 0.749. The summed E-state index contributed by atoms with van der Waals surface area (Å²) >= 11 is 12.0. The molecule has 0 radical (unpaired) electrons. The fourth-order valence-corrected chi connectivity index (χ4v) is 2.04. The van der Waals surface area contributed by atoms with E-state index in [0.29, 0.717) is 23.2 Å². The Morgan fingerprint density at radius 1 is 1.37 bits per heavy atom. The molecular formula is C14H14Cl2N2O. The smallest absolute Gasteiger partial charge is 0.101 e. The maximum Gasteiger partial charge on any atom is 0.101 e. The lowest BCUT2D eigenvalue weighted by Crippen LogP contribution is -2.12. The standard InChI is InChI=1S/C14H14Cl2N2O/c1-2-7-19-14(9-18-6-5-17-10-18)11-3-4-12(15)13(16)8-11/h2-6,8,10,14H,1,7,9H2. The molecule has 3 nitrogen and oxygen atoms in total. The normalized spacial score (nSPS) is 12.3. The number of hydrogen-bond donors (Lipinski definition) is 0. The van der Waals surface area contributed by atoms with Gasteiger partial charge in [-0.25, -0.2) is 4.98 Å². The number of hydrogen-bond acceptors (Lipinski definition) is 2. The van der Waals surface area contributed by atoms with E-state index in [1.165, 1.54) is 0 Å². The van der Waals surface area contributed by atoms with Crippen molar-refractivity contribution in [2.24, 2.45) is 0 Å². The van der Waals surface area contributed by atoms with Gasteiger partial charge in [-0.05, 0) is 17.7 Å². The van der Waals surface area contributed by atoms with Crippen molar-refractivity contribution in [3.8, 4) is 0 Å². The molecule has 0 bridgehead atoms. The van der Waals surface area contributed by atoms with Gasteiger partial charge in [-0.15, -0.1) is 6.58 Å². The Balaban J connectivity index is 2.20. The van der Waals surface area contributed by atoms with E-state index in [9.17, 15) is 0 Å². The van der Waals surface area contributed by atoms with Gasteiger partial charge in [-0.2, -0.15) is 0 Å². The molecule has 1 aromatic carbocycles. The van der Waals surface area contributed by atoms with Gasteiger partial charge >= 0.3 is 0 Å².